The molecule has 6 nitrogen and oxygen atoms in total. The van der Waals surface area contributed by atoms with Crippen LogP contribution in [0.1, 0.15) is 37.8 Å². The van der Waals surface area contributed by atoms with Crippen LogP contribution in [0.4, 0.5) is 10.8 Å². The van der Waals surface area contributed by atoms with Gasteiger partial charge in [0, 0.05) is 6.42 Å². The first-order valence-electron chi connectivity index (χ1n) is 9.15. The number of benzene rings is 2. The van der Waals surface area contributed by atoms with E-state index in [-0.39, 0.29) is 10.8 Å². The molecule has 0 aliphatic heterocycles. The lowest BCUT2D eigenvalue weighted by atomic mass is 10.1. The van der Waals surface area contributed by atoms with Crippen molar-refractivity contribution >= 4 is 48.3 Å². The van der Waals surface area contributed by atoms with Crippen molar-refractivity contribution in [3.8, 4) is 0 Å². The van der Waals surface area contributed by atoms with Crippen LogP contribution in [0, 0.1) is 6.92 Å². The molecule has 2 N–H and O–H groups in total. The van der Waals surface area contributed by atoms with E-state index in [1.165, 1.54) is 11.3 Å². The third-order valence-electron chi connectivity index (χ3n) is 4.28. The molecule has 0 atom stereocenters. The number of fused-ring (bicyclic) bond motifs is 1. The average molecular weight is 418 g/mol. The Kier molecular flexibility index (Phi) is 6.00. The van der Waals surface area contributed by atoms with Crippen LogP contribution in [0.25, 0.3) is 10.2 Å². The van der Waals surface area contributed by atoms with Gasteiger partial charge in [-0.15, -0.1) is 0 Å². The number of hydrogen-bond acceptors (Lipinski definition) is 5. The largest absolute Gasteiger partial charge is 0.302 e. The Balaban J connectivity index is 1.87. The van der Waals surface area contributed by atoms with Gasteiger partial charge >= 0.3 is 0 Å². The number of aromatic nitrogens is 1. The smallest absolute Gasteiger partial charge is 0.261 e. The maximum Gasteiger partial charge on any atom is 0.261 e. The standard InChI is InChI=1S/C20H23N3O3S2/c1-4-6-14-7-9-16(10-8-14)28(25,26)23-15-11-13(3)19-17(12-15)27-20(22-19)21-18(24)5-2/h7-12,23H,4-6H2,1-3H3,(H,21,22,24). The summed E-state index contributed by atoms with van der Waals surface area (Å²) in [4.78, 5) is 16.2. The fourth-order valence-corrected chi connectivity index (χ4v) is 4.89. The molecule has 0 saturated heterocycles. The molecule has 2 aromatic carbocycles. The molecule has 0 aliphatic carbocycles. The van der Waals surface area contributed by atoms with Crippen LogP contribution in [0.2, 0.25) is 0 Å². The molecule has 0 spiro atoms. The second-order valence-electron chi connectivity index (χ2n) is 6.56. The van der Waals surface area contributed by atoms with E-state index in [0.29, 0.717) is 17.2 Å². The molecule has 1 heterocycles. The van der Waals surface area contributed by atoms with Crippen molar-refractivity contribution in [3.63, 3.8) is 0 Å². The molecule has 0 bridgehead atoms. The third kappa shape index (κ3) is 4.51. The van der Waals surface area contributed by atoms with Gasteiger partial charge in [0.1, 0.15) is 0 Å². The van der Waals surface area contributed by atoms with Crippen LogP contribution in [0.3, 0.4) is 0 Å². The zero-order valence-electron chi connectivity index (χ0n) is 16.1. The molecule has 148 valence electrons. The van der Waals surface area contributed by atoms with Crippen molar-refractivity contribution in [2.75, 3.05) is 10.0 Å². The summed E-state index contributed by atoms with van der Waals surface area (Å²) in [5, 5.41) is 3.26. The molecule has 8 heteroatoms. The topological polar surface area (TPSA) is 88.2 Å². The van der Waals surface area contributed by atoms with Crippen molar-refractivity contribution in [2.24, 2.45) is 0 Å². The predicted molar refractivity (Wildman–Crippen MR) is 115 cm³/mol. The van der Waals surface area contributed by atoms with Gasteiger partial charge in [-0.2, -0.15) is 0 Å². The Bertz CT molecular complexity index is 1100. The minimum absolute atomic E-state index is 0.107. The summed E-state index contributed by atoms with van der Waals surface area (Å²) in [6.07, 6.45) is 2.31. The number of carbonyl (C=O) groups excluding carboxylic acids is 1. The lowest BCUT2D eigenvalue weighted by molar-refractivity contribution is -0.115. The second kappa shape index (κ2) is 8.28. The quantitative estimate of drug-likeness (QED) is 0.583. The summed E-state index contributed by atoms with van der Waals surface area (Å²) in [5.74, 6) is -0.107. The molecular formula is C20H23N3O3S2. The first-order chi connectivity index (χ1) is 13.3. The number of carbonyl (C=O) groups is 1. The van der Waals surface area contributed by atoms with E-state index in [2.05, 4.69) is 21.9 Å². The van der Waals surface area contributed by atoms with Crippen LogP contribution >= 0.6 is 11.3 Å². The molecule has 28 heavy (non-hydrogen) atoms. The van der Waals surface area contributed by atoms with Crippen molar-refractivity contribution in [2.45, 2.75) is 44.9 Å². The van der Waals surface area contributed by atoms with Gasteiger partial charge in [-0.25, -0.2) is 13.4 Å². The van der Waals surface area contributed by atoms with E-state index in [4.69, 9.17) is 0 Å². The van der Waals surface area contributed by atoms with Crippen molar-refractivity contribution in [1.82, 2.24) is 4.98 Å². The number of aryl methyl sites for hydroxylation is 2. The molecule has 0 unspecified atom stereocenters. The molecule has 3 rings (SSSR count). The maximum atomic E-state index is 12.7. The predicted octanol–water partition coefficient (Wildman–Crippen LogP) is 4.71. The Labute approximate surface area is 169 Å². The number of nitrogens with one attached hydrogen (secondary N) is 2. The van der Waals surface area contributed by atoms with Crippen LogP contribution in [-0.2, 0) is 21.2 Å². The fraction of sp³-hybridized carbons (Fsp3) is 0.300. The second-order valence-corrected chi connectivity index (χ2v) is 9.27. The van der Waals surface area contributed by atoms with Crippen LogP contribution in [-0.4, -0.2) is 19.3 Å². The highest BCUT2D eigenvalue weighted by Gasteiger charge is 2.16. The van der Waals surface area contributed by atoms with Gasteiger partial charge in [0.25, 0.3) is 10.0 Å². The number of amides is 1. The zero-order valence-corrected chi connectivity index (χ0v) is 17.7. The highest BCUT2D eigenvalue weighted by atomic mass is 32.2. The molecule has 1 aromatic heterocycles. The summed E-state index contributed by atoms with van der Waals surface area (Å²) >= 11 is 1.32. The molecule has 0 saturated carbocycles. The van der Waals surface area contributed by atoms with Gasteiger partial charge in [-0.05, 0) is 48.7 Å². The SMILES string of the molecule is CCCc1ccc(S(=O)(=O)Nc2cc(C)c3nc(NC(=O)CC)sc3c2)cc1. The van der Waals surface area contributed by atoms with E-state index in [1.54, 1.807) is 31.2 Å². The van der Waals surface area contributed by atoms with Gasteiger partial charge in [0.15, 0.2) is 5.13 Å². The lowest BCUT2D eigenvalue weighted by Crippen LogP contribution is -2.13. The van der Waals surface area contributed by atoms with Crippen molar-refractivity contribution in [1.29, 1.82) is 0 Å². The number of anilines is 2. The average Bonchev–Trinajstić information content (AvgIpc) is 3.05. The molecule has 0 fully saturated rings. The van der Waals surface area contributed by atoms with E-state index in [9.17, 15) is 13.2 Å². The van der Waals surface area contributed by atoms with Gasteiger partial charge in [-0.1, -0.05) is 43.7 Å². The van der Waals surface area contributed by atoms with Crippen molar-refractivity contribution in [3.05, 3.63) is 47.5 Å². The van der Waals surface area contributed by atoms with Gasteiger partial charge in [-0.3, -0.25) is 9.52 Å². The molecule has 0 aliphatic rings. The number of thiazole rings is 1. The number of nitrogens with zero attached hydrogens (tertiary/aromatic N) is 1. The summed E-state index contributed by atoms with van der Waals surface area (Å²) in [6, 6.07) is 10.4. The molecular weight excluding hydrogens is 394 g/mol. The van der Waals surface area contributed by atoms with Crippen LogP contribution in [0.15, 0.2) is 41.3 Å². The number of hydrogen-bond donors (Lipinski definition) is 2. The van der Waals surface area contributed by atoms with Crippen LogP contribution < -0.4 is 10.0 Å². The molecule has 1 amide bonds. The third-order valence-corrected chi connectivity index (χ3v) is 6.59. The number of sulfonamides is 1. The zero-order chi connectivity index (χ0) is 20.3. The normalized spacial score (nSPS) is 11.5. The van der Waals surface area contributed by atoms with Gasteiger partial charge in [0.05, 0.1) is 20.8 Å². The lowest BCUT2D eigenvalue weighted by Gasteiger charge is -2.10. The summed E-state index contributed by atoms with van der Waals surface area (Å²) in [6.45, 7) is 5.73. The monoisotopic (exact) mass is 417 g/mol. The van der Waals surface area contributed by atoms with Gasteiger partial charge < -0.3 is 5.32 Å². The minimum atomic E-state index is -3.68. The van der Waals surface area contributed by atoms with Gasteiger partial charge in [0.2, 0.25) is 5.91 Å². The van der Waals surface area contributed by atoms with Crippen molar-refractivity contribution < 1.29 is 13.2 Å². The van der Waals surface area contributed by atoms with E-state index >= 15 is 0 Å². The first-order valence-corrected chi connectivity index (χ1v) is 11.4. The summed E-state index contributed by atoms with van der Waals surface area (Å²) in [7, 11) is -3.68. The number of rotatable bonds is 7. The first kappa shape index (κ1) is 20.3. The van der Waals surface area contributed by atoms with E-state index in [1.807, 2.05) is 19.1 Å². The molecule has 3 aromatic rings. The fourth-order valence-electron chi connectivity index (χ4n) is 2.85. The maximum absolute atomic E-state index is 12.7. The van der Waals surface area contributed by atoms with E-state index < -0.39 is 10.0 Å². The Hall–Kier alpha value is -2.45. The Morgan fingerprint density at radius 3 is 2.50 bits per heavy atom. The highest BCUT2D eigenvalue weighted by molar-refractivity contribution is 7.92. The Morgan fingerprint density at radius 2 is 1.86 bits per heavy atom. The Morgan fingerprint density at radius 1 is 1.14 bits per heavy atom. The highest BCUT2D eigenvalue weighted by Crippen LogP contribution is 2.32. The molecule has 0 radical (unpaired) electrons. The van der Waals surface area contributed by atoms with E-state index in [0.717, 1.165) is 34.2 Å². The summed E-state index contributed by atoms with van der Waals surface area (Å²) < 4.78 is 28.9. The minimum Gasteiger partial charge on any atom is -0.302 e. The summed E-state index contributed by atoms with van der Waals surface area (Å²) in [5.41, 5.74) is 3.18. The van der Waals surface area contributed by atoms with Crippen LogP contribution in [0.5, 0.6) is 0 Å².